The Bertz CT molecular complexity index is 851. The molecule has 2 heteroatoms. The number of fused-ring (bicyclic) bond motifs is 2. The minimum atomic E-state index is 0.157. The van der Waals surface area contributed by atoms with Crippen molar-refractivity contribution in [3.8, 4) is 0 Å². The summed E-state index contributed by atoms with van der Waals surface area (Å²) in [5.41, 5.74) is 9.73. The van der Waals surface area contributed by atoms with Gasteiger partial charge in [0.2, 0.25) is 0 Å². The van der Waals surface area contributed by atoms with E-state index in [0.717, 1.165) is 44.9 Å². The zero-order valence-electron chi connectivity index (χ0n) is 12.6. The zero-order chi connectivity index (χ0) is 14.4. The van der Waals surface area contributed by atoms with Gasteiger partial charge in [-0.05, 0) is 60.7 Å². The Morgan fingerprint density at radius 1 is 0.955 bits per heavy atom. The highest BCUT2D eigenvalue weighted by Gasteiger charge is 2.78. The molecule has 2 spiro atoms. The van der Waals surface area contributed by atoms with E-state index >= 15 is 0 Å². The summed E-state index contributed by atoms with van der Waals surface area (Å²) in [6.45, 7) is 0. The first-order valence-electron chi connectivity index (χ1n) is 8.90. The molecule has 0 aromatic carbocycles. The molecule has 7 rings (SSSR count). The van der Waals surface area contributed by atoms with E-state index in [1.807, 2.05) is 0 Å². The summed E-state index contributed by atoms with van der Waals surface area (Å²) < 4.78 is 0. The third kappa shape index (κ3) is 0.764. The van der Waals surface area contributed by atoms with Crippen LogP contribution in [-0.2, 0) is 9.59 Å². The third-order valence-electron chi connectivity index (χ3n) is 8.56. The van der Waals surface area contributed by atoms with E-state index in [4.69, 9.17) is 0 Å². The van der Waals surface area contributed by atoms with Crippen LogP contribution in [0.3, 0.4) is 0 Å². The van der Waals surface area contributed by atoms with Crippen LogP contribution in [0.1, 0.15) is 51.4 Å². The number of hydrogen-bond acceptors (Lipinski definition) is 2. The molecule has 0 heterocycles. The zero-order valence-corrected chi connectivity index (χ0v) is 12.6. The molecule has 2 saturated carbocycles. The fraction of sp³-hybridized carbons (Fsp3) is 0.600. The lowest BCUT2D eigenvalue weighted by molar-refractivity contribution is -0.123. The lowest BCUT2D eigenvalue weighted by Gasteiger charge is -2.48. The molecule has 2 bridgehead atoms. The molecule has 0 N–H and O–H groups in total. The molecule has 0 radical (unpaired) electrons. The van der Waals surface area contributed by atoms with Crippen LogP contribution in [0.4, 0.5) is 0 Å². The van der Waals surface area contributed by atoms with Gasteiger partial charge in [-0.2, -0.15) is 0 Å². The van der Waals surface area contributed by atoms with Crippen molar-refractivity contribution in [3.05, 3.63) is 33.4 Å². The summed E-state index contributed by atoms with van der Waals surface area (Å²) in [6.07, 6.45) is 8.02. The number of ketones is 2. The Morgan fingerprint density at radius 3 is 2.73 bits per heavy atom. The second-order valence-corrected chi connectivity index (χ2v) is 8.72. The van der Waals surface area contributed by atoms with E-state index in [1.54, 1.807) is 22.3 Å². The van der Waals surface area contributed by atoms with Crippen molar-refractivity contribution in [2.24, 2.45) is 22.7 Å². The van der Waals surface area contributed by atoms with Crippen molar-refractivity contribution in [1.82, 2.24) is 0 Å². The van der Waals surface area contributed by atoms with Crippen molar-refractivity contribution < 1.29 is 9.59 Å². The van der Waals surface area contributed by atoms with Crippen molar-refractivity contribution in [3.63, 3.8) is 0 Å². The Morgan fingerprint density at radius 2 is 1.82 bits per heavy atom. The van der Waals surface area contributed by atoms with Gasteiger partial charge in [0, 0.05) is 30.1 Å². The number of allylic oxidation sites excluding steroid dienone is 6. The average Bonchev–Trinajstić information content (AvgIpc) is 3.23. The van der Waals surface area contributed by atoms with Gasteiger partial charge in [0.05, 0.1) is 0 Å². The van der Waals surface area contributed by atoms with Crippen LogP contribution in [-0.4, -0.2) is 11.6 Å². The highest BCUT2D eigenvalue weighted by atomic mass is 16.1. The summed E-state index contributed by atoms with van der Waals surface area (Å²) in [5, 5.41) is 0. The smallest absolute Gasteiger partial charge is 0.159 e. The molecule has 4 atom stereocenters. The van der Waals surface area contributed by atoms with Gasteiger partial charge >= 0.3 is 0 Å². The van der Waals surface area contributed by atoms with Gasteiger partial charge in [-0.3, -0.25) is 9.59 Å². The minimum absolute atomic E-state index is 0.157. The Kier molecular flexibility index (Phi) is 1.45. The standard InChI is InChI=1S/C20H18O2/c21-15-2-1-10-12(15)7-19-8-13-11(18(10)19)5-9-6-14-16(22)3-4-20(14,19)17(9)13/h14,18H,1-8H2. The van der Waals surface area contributed by atoms with Crippen LogP contribution < -0.4 is 0 Å². The molecule has 7 aliphatic carbocycles. The monoisotopic (exact) mass is 290 g/mol. The van der Waals surface area contributed by atoms with Crippen LogP contribution in [0.25, 0.3) is 0 Å². The molecular weight excluding hydrogens is 272 g/mol. The first kappa shape index (κ1) is 11.2. The van der Waals surface area contributed by atoms with E-state index in [0.29, 0.717) is 17.5 Å². The largest absolute Gasteiger partial charge is 0.299 e. The summed E-state index contributed by atoms with van der Waals surface area (Å²) in [7, 11) is 0. The van der Waals surface area contributed by atoms with Crippen molar-refractivity contribution in [1.29, 1.82) is 0 Å². The van der Waals surface area contributed by atoms with Crippen molar-refractivity contribution in [2.75, 3.05) is 0 Å². The fourth-order valence-electron chi connectivity index (χ4n) is 8.27. The van der Waals surface area contributed by atoms with Gasteiger partial charge in [0.1, 0.15) is 5.78 Å². The minimum Gasteiger partial charge on any atom is -0.299 e. The Hall–Kier alpha value is -1.44. The second kappa shape index (κ2) is 2.86. The topological polar surface area (TPSA) is 34.1 Å². The van der Waals surface area contributed by atoms with Crippen LogP contribution in [0.5, 0.6) is 0 Å². The maximum absolute atomic E-state index is 12.6. The van der Waals surface area contributed by atoms with Crippen molar-refractivity contribution in [2.45, 2.75) is 51.4 Å². The number of rotatable bonds is 0. The van der Waals surface area contributed by atoms with Crippen LogP contribution in [0, 0.1) is 22.7 Å². The van der Waals surface area contributed by atoms with Gasteiger partial charge < -0.3 is 0 Å². The molecule has 0 aliphatic heterocycles. The normalized spacial score (nSPS) is 49.3. The SMILES string of the molecule is O=C1CCC2=C1CC13CC4=C(CC5=C4C14CCC(=O)C4C5)C23. The van der Waals surface area contributed by atoms with E-state index in [-0.39, 0.29) is 16.7 Å². The lowest BCUT2D eigenvalue weighted by atomic mass is 9.53. The van der Waals surface area contributed by atoms with Crippen LogP contribution >= 0.6 is 0 Å². The third-order valence-corrected chi connectivity index (χ3v) is 8.56. The molecular formula is C20H18O2. The van der Waals surface area contributed by atoms with E-state index in [9.17, 15) is 9.59 Å². The predicted octanol–water partition coefficient (Wildman–Crippen LogP) is 3.44. The maximum atomic E-state index is 12.6. The molecule has 110 valence electrons. The van der Waals surface area contributed by atoms with Crippen molar-refractivity contribution >= 4 is 11.6 Å². The van der Waals surface area contributed by atoms with Gasteiger partial charge in [0.15, 0.2) is 5.78 Å². The van der Waals surface area contributed by atoms with E-state index in [1.165, 1.54) is 17.6 Å². The molecule has 4 unspecified atom stereocenters. The molecule has 2 fully saturated rings. The fourth-order valence-corrected chi connectivity index (χ4v) is 8.27. The number of carbonyl (C=O) groups excluding carboxylic acids is 2. The summed E-state index contributed by atoms with van der Waals surface area (Å²) in [4.78, 5) is 25.0. The highest BCUT2D eigenvalue weighted by molar-refractivity contribution is 6.01. The quantitative estimate of drug-likeness (QED) is 0.685. The highest BCUT2D eigenvalue weighted by Crippen LogP contribution is 2.85. The Labute approximate surface area is 129 Å². The molecule has 0 amide bonds. The first-order chi connectivity index (χ1) is 10.7. The number of Topliss-reactive ketones (excluding diaryl/α,β-unsaturated/α-hetero) is 2. The second-order valence-electron chi connectivity index (χ2n) is 8.72. The number of carbonyl (C=O) groups is 2. The molecule has 0 aromatic rings. The van der Waals surface area contributed by atoms with Gasteiger partial charge in [-0.25, -0.2) is 0 Å². The van der Waals surface area contributed by atoms with Gasteiger partial charge in [-0.15, -0.1) is 0 Å². The molecule has 0 saturated heterocycles. The summed E-state index contributed by atoms with van der Waals surface area (Å²) in [5.74, 6) is 1.78. The van der Waals surface area contributed by atoms with E-state index in [2.05, 4.69) is 0 Å². The molecule has 7 aliphatic rings. The first-order valence-corrected chi connectivity index (χ1v) is 8.90. The Balaban J connectivity index is 1.55. The molecule has 22 heavy (non-hydrogen) atoms. The maximum Gasteiger partial charge on any atom is 0.159 e. The van der Waals surface area contributed by atoms with Gasteiger partial charge in [-0.1, -0.05) is 16.7 Å². The van der Waals surface area contributed by atoms with Gasteiger partial charge in [0.25, 0.3) is 0 Å². The summed E-state index contributed by atoms with van der Waals surface area (Å²) >= 11 is 0. The molecule has 0 aromatic heterocycles. The predicted molar refractivity (Wildman–Crippen MR) is 79.9 cm³/mol. The van der Waals surface area contributed by atoms with Crippen LogP contribution in [0.15, 0.2) is 33.4 Å². The number of hydrogen-bond donors (Lipinski definition) is 0. The van der Waals surface area contributed by atoms with E-state index < -0.39 is 0 Å². The van der Waals surface area contributed by atoms with Crippen LogP contribution in [0.2, 0.25) is 0 Å². The molecule has 2 nitrogen and oxygen atoms in total. The average molecular weight is 290 g/mol. The summed E-state index contributed by atoms with van der Waals surface area (Å²) in [6, 6.07) is 0. The lowest BCUT2D eigenvalue weighted by Crippen LogP contribution is -2.45.